The van der Waals surface area contributed by atoms with Crippen LogP contribution < -0.4 is 22.6 Å². The third-order valence-corrected chi connectivity index (χ3v) is 3.69. The number of hydrogen-bond donors (Lipinski definition) is 1. The van der Waals surface area contributed by atoms with Crippen molar-refractivity contribution in [3.05, 3.63) is 23.7 Å². The summed E-state index contributed by atoms with van der Waals surface area (Å²) in [7, 11) is 0. The molecule has 1 fully saturated rings. The molecule has 0 aromatic carbocycles. The third-order valence-electron chi connectivity index (χ3n) is 2.77. The molecule has 1 saturated heterocycles. The summed E-state index contributed by atoms with van der Waals surface area (Å²) in [5.41, 5.74) is 0. The summed E-state index contributed by atoms with van der Waals surface area (Å²) in [6, 6.07) is 4.24. The molecule has 2 aromatic heterocycles. The molecule has 5 heteroatoms. The van der Waals surface area contributed by atoms with Gasteiger partial charge in [0.25, 0.3) is 0 Å². The lowest BCUT2D eigenvalue weighted by molar-refractivity contribution is -0.00000294. The molecule has 0 bridgehead atoms. The van der Waals surface area contributed by atoms with Gasteiger partial charge in [-0.1, -0.05) is 0 Å². The summed E-state index contributed by atoms with van der Waals surface area (Å²) in [4.78, 5) is 6.88. The SMILES string of the molecule is [Cl-].c1cc2ccsc2c(N2CCNCC2)n1. The van der Waals surface area contributed by atoms with Crippen LogP contribution in [0.1, 0.15) is 0 Å². The van der Waals surface area contributed by atoms with E-state index in [0.717, 1.165) is 32.0 Å². The topological polar surface area (TPSA) is 28.2 Å². The fraction of sp³-hybridized carbons (Fsp3) is 0.364. The van der Waals surface area contributed by atoms with Gasteiger partial charge in [-0.05, 0) is 22.9 Å². The standard InChI is InChI=1S/C11H13N3S.ClH/c1-3-13-11(10-9(1)2-8-15-10)14-6-4-12-5-7-14;/h1-3,8,12H,4-7H2;1H/p-1. The number of piperazine rings is 1. The molecule has 0 spiro atoms. The number of nitrogens with one attached hydrogen (secondary N) is 1. The smallest absolute Gasteiger partial charge is 0.146 e. The van der Waals surface area contributed by atoms with Crippen LogP contribution in [0.2, 0.25) is 0 Å². The zero-order valence-electron chi connectivity index (χ0n) is 8.82. The number of rotatable bonds is 1. The molecule has 3 rings (SSSR count). The Morgan fingerprint density at radius 3 is 2.88 bits per heavy atom. The van der Waals surface area contributed by atoms with Gasteiger partial charge >= 0.3 is 0 Å². The summed E-state index contributed by atoms with van der Waals surface area (Å²) in [5.74, 6) is 1.16. The Morgan fingerprint density at radius 2 is 2.06 bits per heavy atom. The number of nitrogens with zero attached hydrogens (tertiary/aromatic N) is 2. The van der Waals surface area contributed by atoms with Crippen LogP contribution in [-0.2, 0) is 0 Å². The Morgan fingerprint density at radius 1 is 1.25 bits per heavy atom. The van der Waals surface area contributed by atoms with Crippen LogP contribution in [0.25, 0.3) is 10.1 Å². The number of fused-ring (bicyclic) bond motifs is 1. The summed E-state index contributed by atoms with van der Waals surface area (Å²) in [6.07, 6.45) is 1.91. The van der Waals surface area contributed by atoms with E-state index >= 15 is 0 Å². The lowest BCUT2D eigenvalue weighted by Crippen LogP contribution is -3.00. The van der Waals surface area contributed by atoms with Crippen LogP contribution in [0.15, 0.2) is 23.7 Å². The molecule has 2 aromatic rings. The van der Waals surface area contributed by atoms with Gasteiger partial charge in [-0.3, -0.25) is 0 Å². The van der Waals surface area contributed by atoms with Crippen molar-refractivity contribution in [2.24, 2.45) is 0 Å². The van der Waals surface area contributed by atoms with E-state index < -0.39 is 0 Å². The molecule has 1 aliphatic rings. The lowest BCUT2D eigenvalue weighted by Gasteiger charge is -2.28. The van der Waals surface area contributed by atoms with E-state index in [1.54, 1.807) is 11.3 Å². The van der Waals surface area contributed by atoms with Crippen molar-refractivity contribution < 1.29 is 12.4 Å². The monoisotopic (exact) mass is 254 g/mol. The van der Waals surface area contributed by atoms with Crippen LogP contribution >= 0.6 is 11.3 Å². The zero-order valence-corrected chi connectivity index (χ0v) is 10.4. The van der Waals surface area contributed by atoms with Crippen molar-refractivity contribution in [3.8, 4) is 0 Å². The molecule has 16 heavy (non-hydrogen) atoms. The highest BCUT2D eigenvalue weighted by molar-refractivity contribution is 7.17. The van der Waals surface area contributed by atoms with E-state index in [0.29, 0.717) is 0 Å². The van der Waals surface area contributed by atoms with Gasteiger partial charge in [0.1, 0.15) is 5.82 Å². The number of thiophene rings is 1. The van der Waals surface area contributed by atoms with Crippen molar-refractivity contribution >= 4 is 27.2 Å². The van der Waals surface area contributed by atoms with Crippen molar-refractivity contribution in [3.63, 3.8) is 0 Å². The van der Waals surface area contributed by atoms with E-state index in [1.807, 2.05) is 6.20 Å². The van der Waals surface area contributed by atoms with E-state index in [1.165, 1.54) is 10.1 Å². The van der Waals surface area contributed by atoms with Crippen molar-refractivity contribution in [1.29, 1.82) is 0 Å². The van der Waals surface area contributed by atoms with Gasteiger partial charge < -0.3 is 22.6 Å². The van der Waals surface area contributed by atoms with Crippen molar-refractivity contribution in [1.82, 2.24) is 10.3 Å². The van der Waals surface area contributed by atoms with E-state index in [9.17, 15) is 0 Å². The fourth-order valence-corrected chi connectivity index (χ4v) is 2.89. The molecule has 1 N–H and O–H groups in total. The highest BCUT2D eigenvalue weighted by atomic mass is 35.5. The molecule has 1 aliphatic heterocycles. The first kappa shape index (κ1) is 11.6. The van der Waals surface area contributed by atoms with Crippen LogP contribution in [0.4, 0.5) is 5.82 Å². The molecule has 86 valence electrons. The third kappa shape index (κ3) is 2.00. The lowest BCUT2D eigenvalue weighted by atomic mass is 10.3. The predicted octanol–water partition coefficient (Wildman–Crippen LogP) is -1.29. The van der Waals surface area contributed by atoms with Gasteiger partial charge in [-0.15, -0.1) is 11.3 Å². The zero-order chi connectivity index (χ0) is 10.1. The highest BCUT2D eigenvalue weighted by Crippen LogP contribution is 2.29. The second-order valence-corrected chi connectivity index (χ2v) is 4.63. The van der Waals surface area contributed by atoms with E-state index in [2.05, 4.69) is 32.7 Å². The minimum absolute atomic E-state index is 0. The number of hydrogen-bond acceptors (Lipinski definition) is 4. The molecule has 0 amide bonds. The maximum Gasteiger partial charge on any atom is 0.146 e. The number of halogens is 1. The normalized spacial score (nSPS) is 16.1. The summed E-state index contributed by atoms with van der Waals surface area (Å²) >= 11 is 1.78. The molecule has 0 radical (unpaired) electrons. The number of pyridine rings is 1. The Kier molecular flexibility index (Phi) is 3.63. The summed E-state index contributed by atoms with van der Waals surface area (Å²) in [5, 5.41) is 6.81. The number of aromatic nitrogens is 1. The quantitative estimate of drug-likeness (QED) is 0.687. The van der Waals surface area contributed by atoms with E-state index in [-0.39, 0.29) is 12.4 Å². The van der Waals surface area contributed by atoms with Crippen LogP contribution in [-0.4, -0.2) is 31.2 Å². The minimum atomic E-state index is 0. The Hall–Kier alpha value is -0.840. The van der Waals surface area contributed by atoms with Gasteiger partial charge in [0, 0.05) is 32.4 Å². The molecule has 3 nitrogen and oxygen atoms in total. The van der Waals surface area contributed by atoms with Gasteiger partial charge in [0.05, 0.1) is 4.70 Å². The van der Waals surface area contributed by atoms with Gasteiger partial charge in [0.15, 0.2) is 0 Å². The van der Waals surface area contributed by atoms with E-state index in [4.69, 9.17) is 0 Å². The minimum Gasteiger partial charge on any atom is -1.00 e. The summed E-state index contributed by atoms with van der Waals surface area (Å²) in [6.45, 7) is 4.24. The molecule has 0 aliphatic carbocycles. The van der Waals surface area contributed by atoms with Crippen molar-refractivity contribution in [2.45, 2.75) is 0 Å². The Bertz CT molecular complexity index is 465. The largest absolute Gasteiger partial charge is 1.00 e. The van der Waals surface area contributed by atoms with Crippen LogP contribution in [0.5, 0.6) is 0 Å². The number of anilines is 1. The molecule has 0 unspecified atom stereocenters. The predicted molar refractivity (Wildman–Crippen MR) is 64.7 cm³/mol. The maximum atomic E-state index is 4.51. The van der Waals surface area contributed by atoms with Gasteiger partial charge in [-0.2, -0.15) is 0 Å². The Labute approximate surface area is 105 Å². The second-order valence-electron chi connectivity index (χ2n) is 3.71. The Balaban J connectivity index is 0.000000963. The van der Waals surface area contributed by atoms with Crippen molar-refractivity contribution in [2.75, 3.05) is 31.1 Å². The van der Waals surface area contributed by atoms with Gasteiger partial charge in [0.2, 0.25) is 0 Å². The van der Waals surface area contributed by atoms with Gasteiger partial charge in [-0.25, -0.2) is 4.98 Å². The molecular weight excluding hydrogens is 242 g/mol. The van der Waals surface area contributed by atoms with Crippen LogP contribution in [0.3, 0.4) is 0 Å². The molecule has 3 heterocycles. The summed E-state index contributed by atoms with van der Waals surface area (Å²) < 4.78 is 1.32. The average molecular weight is 255 g/mol. The first-order chi connectivity index (χ1) is 7.45. The average Bonchev–Trinajstić information content (AvgIpc) is 2.78. The first-order valence-corrected chi connectivity index (χ1v) is 6.11. The molecule has 0 saturated carbocycles. The maximum absolute atomic E-state index is 4.51. The first-order valence-electron chi connectivity index (χ1n) is 5.23. The van der Waals surface area contributed by atoms with Crippen LogP contribution in [0, 0.1) is 0 Å². The fourth-order valence-electron chi connectivity index (χ4n) is 1.98. The highest BCUT2D eigenvalue weighted by Gasteiger charge is 2.14. The molecular formula is C11H13ClN3S-. The molecule has 0 atom stereocenters. The second kappa shape index (κ2) is 4.99.